The average molecular weight is 299 g/mol. The number of phenolic OH excluding ortho intramolecular Hbond substituents is 2. The van der Waals surface area contributed by atoms with Crippen LogP contribution in [0.1, 0.15) is 11.1 Å². The number of rotatable bonds is 2. The Kier molecular flexibility index (Phi) is 2.66. The second-order valence-corrected chi connectivity index (χ2v) is 5.60. The molecule has 2 N–H and O–H groups in total. The number of fused-ring (bicyclic) bond motifs is 2. The minimum absolute atomic E-state index is 0.0205. The van der Waals surface area contributed by atoms with E-state index in [1.807, 2.05) is 12.1 Å². The van der Waals surface area contributed by atoms with Crippen LogP contribution < -0.4 is 14.4 Å². The predicted octanol–water partition coefficient (Wildman–Crippen LogP) is 2.66. The summed E-state index contributed by atoms with van der Waals surface area (Å²) >= 11 is 0. The second-order valence-electron chi connectivity index (χ2n) is 5.60. The van der Waals surface area contributed by atoms with Crippen molar-refractivity contribution in [2.75, 3.05) is 25.7 Å². The number of hydrogen-bond acceptors (Lipinski definition) is 5. The number of methoxy groups -OCH3 is 2. The minimum Gasteiger partial charge on any atom is -0.504 e. The molecule has 2 aliphatic heterocycles. The molecular weight excluding hydrogens is 282 g/mol. The molecule has 0 amide bonds. The largest absolute Gasteiger partial charge is 0.504 e. The summed E-state index contributed by atoms with van der Waals surface area (Å²) in [7, 11) is 2.90. The lowest BCUT2D eigenvalue weighted by Crippen LogP contribution is -2.24. The van der Waals surface area contributed by atoms with Gasteiger partial charge in [-0.15, -0.1) is 0 Å². The van der Waals surface area contributed by atoms with Crippen LogP contribution in [0.15, 0.2) is 18.2 Å². The number of para-hydroxylation sites is 1. The fourth-order valence-corrected chi connectivity index (χ4v) is 3.63. The molecule has 0 radical (unpaired) electrons. The Balaban J connectivity index is 2.09. The van der Waals surface area contributed by atoms with Gasteiger partial charge in [0.15, 0.2) is 11.5 Å². The van der Waals surface area contributed by atoms with Crippen LogP contribution in [0, 0.1) is 0 Å². The molecule has 5 nitrogen and oxygen atoms in total. The van der Waals surface area contributed by atoms with E-state index in [4.69, 9.17) is 9.47 Å². The molecule has 0 atom stereocenters. The van der Waals surface area contributed by atoms with Crippen LogP contribution in [-0.4, -0.2) is 31.0 Å². The van der Waals surface area contributed by atoms with Crippen molar-refractivity contribution in [1.29, 1.82) is 0 Å². The minimum atomic E-state index is 0.0205. The van der Waals surface area contributed by atoms with E-state index < -0.39 is 0 Å². The highest BCUT2D eigenvalue weighted by Crippen LogP contribution is 2.57. The standard InChI is InChI=1S/C17H17NO4/c1-21-16-14(19)11-8-18-7-6-9-4-3-5-10(13(9)18)12(11)15(20)17(16)22-2/h3-5,19-20H,6-8H2,1-2H3. The van der Waals surface area contributed by atoms with Gasteiger partial charge in [-0.25, -0.2) is 0 Å². The van der Waals surface area contributed by atoms with Gasteiger partial charge in [-0.05, 0) is 12.0 Å². The zero-order chi connectivity index (χ0) is 15.4. The first-order valence-electron chi connectivity index (χ1n) is 7.23. The molecule has 0 spiro atoms. The number of aromatic hydroxyl groups is 2. The van der Waals surface area contributed by atoms with E-state index in [1.54, 1.807) is 0 Å². The van der Waals surface area contributed by atoms with Crippen LogP contribution in [0.25, 0.3) is 11.1 Å². The molecule has 2 aliphatic rings. The first kappa shape index (κ1) is 13.1. The maximum absolute atomic E-state index is 10.7. The molecule has 2 aromatic carbocycles. The highest BCUT2D eigenvalue weighted by atomic mass is 16.5. The molecule has 0 bridgehead atoms. The maximum Gasteiger partial charge on any atom is 0.207 e. The highest BCUT2D eigenvalue weighted by molar-refractivity contribution is 5.93. The zero-order valence-corrected chi connectivity index (χ0v) is 12.5. The van der Waals surface area contributed by atoms with Gasteiger partial charge in [0, 0.05) is 35.5 Å². The summed E-state index contributed by atoms with van der Waals surface area (Å²) in [5.41, 5.74) is 4.69. The molecule has 114 valence electrons. The van der Waals surface area contributed by atoms with Gasteiger partial charge in [-0.3, -0.25) is 0 Å². The van der Waals surface area contributed by atoms with E-state index in [0.717, 1.165) is 24.2 Å². The quantitative estimate of drug-likeness (QED) is 0.835. The van der Waals surface area contributed by atoms with Gasteiger partial charge < -0.3 is 24.6 Å². The van der Waals surface area contributed by atoms with Crippen LogP contribution in [0.5, 0.6) is 23.0 Å². The van der Waals surface area contributed by atoms with Crippen LogP contribution in [-0.2, 0) is 13.0 Å². The third-order valence-electron chi connectivity index (χ3n) is 4.57. The third-order valence-corrected chi connectivity index (χ3v) is 4.57. The van der Waals surface area contributed by atoms with E-state index in [2.05, 4.69) is 11.0 Å². The summed E-state index contributed by atoms with van der Waals surface area (Å²) in [4.78, 5) is 2.23. The van der Waals surface area contributed by atoms with Gasteiger partial charge in [0.05, 0.1) is 14.2 Å². The smallest absolute Gasteiger partial charge is 0.207 e. The van der Waals surface area contributed by atoms with Crippen LogP contribution in [0.4, 0.5) is 5.69 Å². The van der Waals surface area contributed by atoms with Crippen molar-refractivity contribution in [3.8, 4) is 34.1 Å². The van der Waals surface area contributed by atoms with E-state index in [0.29, 0.717) is 17.7 Å². The van der Waals surface area contributed by atoms with E-state index in [-0.39, 0.29) is 23.0 Å². The molecular formula is C17H17NO4. The molecule has 0 aliphatic carbocycles. The number of ether oxygens (including phenoxy) is 2. The van der Waals surface area contributed by atoms with E-state index >= 15 is 0 Å². The van der Waals surface area contributed by atoms with Gasteiger partial charge in [-0.1, -0.05) is 18.2 Å². The highest BCUT2D eigenvalue weighted by Gasteiger charge is 2.35. The second kappa shape index (κ2) is 4.47. The molecule has 0 saturated carbocycles. The van der Waals surface area contributed by atoms with Crippen molar-refractivity contribution in [2.24, 2.45) is 0 Å². The summed E-state index contributed by atoms with van der Waals surface area (Å²) < 4.78 is 10.5. The molecule has 2 aromatic rings. The SMILES string of the molecule is COc1c(O)c2c(c(O)c1OC)-c1cccc3c1N(CC3)C2. The van der Waals surface area contributed by atoms with Crippen molar-refractivity contribution in [3.05, 3.63) is 29.3 Å². The Hall–Kier alpha value is -2.56. The summed E-state index contributed by atoms with van der Waals surface area (Å²) in [5.74, 6) is 0.405. The normalized spacial score (nSPS) is 14.5. The Bertz CT molecular complexity index is 785. The van der Waals surface area contributed by atoms with Crippen molar-refractivity contribution >= 4 is 5.69 Å². The summed E-state index contributed by atoms with van der Waals surface area (Å²) in [6, 6.07) is 6.07. The van der Waals surface area contributed by atoms with Gasteiger partial charge >= 0.3 is 0 Å². The maximum atomic E-state index is 10.7. The van der Waals surface area contributed by atoms with E-state index in [1.165, 1.54) is 19.8 Å². The summed E-state index contributed by atoms with van der Waals surface area (Å²) in [6.45, 7) is 1.47. The molecule has 4 rings (SSSR count). The molecule has 2 heterocycles. The Morgan fingerprint density at radius 2 is 1.77 bits per heavy atom. The fraction of sp³-hybridized carbons (Fsp3) is 0.294. The summed E-state index contributed by atoms with van der Waals surface area (Å²) in [6.07, 6.45) is 0.979. The summed E-state index contributed by atoms with van der Waals surface area (Å²) in [5, 5.41) is 21.3. The third kappa shape index (κ3) is 1.48. The van der Waals surface area contributed by atoms with Crippen molar-refractivity contribution in [2.45, 2.75) is 13.0 Å². The molecule has 0 unspecified atom stereocenters. The number of hydrogen-bond donors (Lipinski definition) is 2. The van der Waals surface area contributed by atoms with Crippen LogP contribution >= 0.6 is 0 Å². The lowest BCUT2D eigenvalue weighted by atomic mass is 9.90. The molecule has 0 saturated heterocycles. The van der Waals surface area contributed by atoms with Gasteiger partial charge in [0.1, 0.15) is 0 Å². The average Bonchev–Trinajstić information content (AvgIpc) is 2.95. The van der Waals surface area contributed by atoms with Gasteiger partial charge in [-0.2, -0.15) is 0 Å². The lowest BCUT2D eigenvalue weighted by Gasteiger charge is -2.31. The van der Waals surface area contributed by atoms with Crippen molar-refractivity contribution in [3.63, 3.8) is 0 Å². The Morgan fingerprint density at radius 1 is 1.05 bits per heavy atom. The van der Waals surface area contributed by atoms with E-state index in [9.17, 15) is 10.2 Å². The van der Waals surface area contributed by atoms with Crippen molar-refractivity contribution in [1.82, 2.24) is 0 Å². The van der Waals surface area contributed by atoms with Gasteiger partial charge in [0.25, 0.3) is 0 Å². The topological polar surface area (TPSA) is 62.2 Å². The van der Waals surface area contributed by atoms with Gasteiger partial charge in [0.2, 0.25) is 11.5 Å². The molecule has 5 heteroatoms. The lowest BCUT2D eigenvalue weighted by molar-refractivity contribution is 0.315. The van der Waals surface area contributed by atoms with Crippen molar-refractivity contribution < 1.29 is 19.7 Å². The molecule has 0 aromatic heterocycles. The molecule has 22 heavy (non-hydrogen) atoms. The number of nitrogens with zero attached hydrogens (tertiary/aromatic N) is 1. The van der Waals surface area contributed by atoms with Crippen LogP contribution in [0.3, 0.4) is 0 Å². The Labute approximate surface area is 128 Å². The number of benzene rings is 2. The van der Waals surface area contributed by atoms with Crippen LogP contribution in [0.2, 0.25) is 0 Å². The Morgan fingerprint density at radius 3 is 2.50 bits per heavy atom. The predicted molar refractivity (Wildman–Crippen MR) is 83.1 cm³/mol. The molecule has 0 fully saturated rings. The zero-order valence-electron chi connectivity index (χ0n) is 12.5. The fourth-order valence-electron chi connectivity index (χ4n) is 3.63. The first-order chi connectivity index (χ1) is 10.7. The number of phenols is 2. The number of anilines is 1. The monoisotopic (exact) mass is 299 g/mol. The first-order valence-corrected chi connectivity index (χ1v) is 7.23.